The van der Waals surface area contributed by atoms with E-state index < -0.39 is 0 Å². The molecule has 16 heavy (non-hydrogen) atoms. The number of hydrogen-bond donors (Lipinski definition) is 0. The quantitative estimate of drug-likeness (QED) is 0.596. The maximum absolute atomic E-state index is 2.42. The molecule has 94 valence electrons. The molecule has 0 heterocycles. The first-order valence-corrected chi connectivity index (χ1v) is 7.65. The van der Waals surface area contributed by atoms with Crippen LogP contribution in [0.15, 0.2) is 0 Å². The largest absolute Gasteiger partial charge is 0.0683 e. The lowest BCUT2D eigenvalue weighted by atomic mass is 9.48. The Balaban J connectivity index is 0.000000457. The Morgan fingerprint density at radius 3 is 1.56 bits per heavy atom. The predicted octanol–water partition coefficient (Wildman–Crippen LogP) is 5.28. The fourth-order valence-corrected chi connectivity index (χ4v) is 5.41. The van der Waals surface area contributed by atoms with E-state index in [9.17, 15) is 0 Å². The summed E-state index contributed by atoms with van der Waals surface area (Å²) in [6, 6.07) is 0. The monoisotopic (exact) mass is 222 g/mol. The van der Waals surface area contributed by atoms with Gasteiger partial charge in [-0.05, 0) is 74.0 Å². The molecule has 4 saturated carbocycles. The lowest BCUT2D eigenvalue weighted by Crippen LogP contribution is -2.46. The van der Waals surface area contributed by atoms with Crippen LogP contribution in [0.3, 0.4) is 0 Å². The molecule has 0 heteroatoms. The minimum Gasteiger partial charge on any atom is -0.0683 e. The molecule has 4 rings (SSSR count). The van der Waals surface area contributed by atoms with Crippen molar-refractivity contribution in [1.82, 2.24) is 0 Å². The Morgan fingerprint density at radius 2 is 1.25 bits per heavy atom. The molecule has 0 aromatic carbocycles. The molecule has 0 aromatic heterocycles. The fraction of sp³-hybridized carbons (Fsp3) is 1.00. The maximum Gasteiger partial charge on any atom is -0.0287 e. The molecule has 0 nitrogen and oxygen atoms in total. The Morgan fingerprint density at radius 1 is 0.875 bits per heavy atom. The van der Waals surface area contributed by atoms with Gasteiger partial charge in [-0.15, -0.1) is 0 Å². The summed E-state index contributed by atoms with van der Waals surface area (Å²) in [5.41, 5.74) is 0.822. The summed E-state index contributed by atoms with van der Waals surface area (Å²) in [5.74, 6) is 4.34. The standard InChI is InChI=1S/C14H24.C2H6/c1-10(2)6-14-7-11-3-12(8-14)5-13(4-11)9-14;1-2/h10-13H,3-9H2,1-2H3;1-2H3. The summed E-state index contributed by atoms with van der Waals surface area (Å²) in [6.45, 7) is 8.83. The van der Waals surface area contributed by atoms with Gasteiger partial charge in [0, 0.05) is 0 Å². The first-order chi connectivity index (χ1) is 7.65. The lowest BCUT2D eigenvalue weighted by Gasteiger charge is -2.57. The third kappa shape index (κ3) is 2.31. The van der Waals surface area contributed by atoms with Gasteiger partial charge in [-0.25, -0.2) is 0 Å². The average molecular weight is 222 g/mol. The van der Waals surface area contributed by atoms with Crippen LogP contribution in [0.5, 0.6) is 0 Å². The SMILES string of the molecule is CC.CC(C)CC12CC3CC(CC(C3)C1)C2. The van der Waals surface area contributed by atoms with E-state index in [-0.39, 0.29) is 0 Å². The molecule has 4 fully saturated rings. The molecule has 0 unspecified atom stereocenters. The first-order valence-electron chi connectivity index (χ1n) is 7.65. The van der Waals surface area contributed by atoms with Gasteiger partial charge in [-0.2, -0.15) is 0 Å². The average Bonchev–Trinajstić information content (AvgIpc) is 2.16. The summed E-state index contributed by atoms with van der Waals surface area (Å²) in [7, 11) is 0. The maximum atomic E-state index is 2.42. The van der Waals surface area contributed by atoms with Gasteiger partial charge >= 0.3 is 0 Å². The van der Waals surface area contributed by atoms with E-state index in [1.165, 1.54) is 6.42 Å². The molecule has 0 N–H and O–H groups in total. The third-order valence-electron chi connectivity index (χ3n) is 5.01. The van der Waals surface area contributed by atoms with Crippen molar-refractivity contribution in [2.75, 3.05) is 0 Å². The zero-order valence-corrected chi connectivity index (χ0v) is 11.8. The van der Waals surface area contributed by atoms with E-state index in [1.54, 1.807) is 38.5 Å². The summed E-state index contributed by atoms with van der Waals surface area (Å²) >= 11 is 0. The highest BCUT2D eigenvalue weighted by Crippen LogP contribution is 2.61. The van der Waals surface area contributed by atoms with Crippen molar-refractivity contribution in [2.24, 2.45) is 29.1 Å². The van der Waals surface area contributed by atoms with Crippen molar-refractivity contribution in [3.05, 3.63) is 0 Å². The summed E-state index contributed by atoms with van der Waals surface area (Å²) in [5, 5.41) is 0. The minimum atomic E-state index is 0.822. The normalized spacial score (nSPS) is 44.4. The van der Waals surface area contributed by atoms with Crippen LogP contribution in [-0.2, 0) is 0 Å². The molecular weight excluding hydrogens is 192 g/mol. The first kappa shape index (κ1) is 12.5. The molecule has 0 amide bonds. The second kappa shape index (κ2) is 4.70. The van der Waals surface area contributed by atoms with E-state index >= 15 is 0 Å². The molecule has 4 aliphatic carbocycles. The highest BCUT2D eigenvalue weighted by atomic mass is 14.6. The van der Waals surface area contributed by atoms with Crippen LogP contribution in [0.4, 0.5) is 0 Å². The van der Waals surface area contributed by atoms with E-state index in [0.717, 1.165) is 29.1 Å². The summed E-state index contributed by atoms with van der Waals surface area (Å²) in [4.78, 5) is 0. The van der Waals surface area contributed by atoms with Crippen molar-refractivity contribution in [1.29, 1.82) is 0 Å². The van der Waals surface area contributed by atoms with E-state index in [0.29, 0.717) is 0 Å². The van der Waals surface area contributed by atoms with E-state index in [2.05, 4.69) is 13.8 Å². The zero-order valence-electron chi connectivity index (χ0n) is 11.8. The number of rotatable bonds is 2. The van der Waals surface area contributed by atoms with Gasteiger partial charge in [0.1, 0.15) is 0 Å². The molecule has 0 spiro atoms. The van der Waals surface area contributed by atoms with Crippen LogP contribution in [0.2, 0.25) is 0 Å². The van der Waals surface area contributed by atoms with Gasteiger partial charge in [0.15, 0.2) is 0 Å². The molecule has 0 radical (unpaired) electrons. The van der Waals surface area contributed by atoms with Crippen molar-refractivity contribution in [2.45, 2.75) is 72.6 Å². The zero-order chi connectivity index (χ0) is 11.8. The van der Waals surface area contributed by atoms with Gasteiger partial charge in [0.05, 0.1) is 0 Å². The summed E-state index contributed by atoms with van der Waals surface area (Å²) < 4.78 is 0. The second-order valence-corrected chi connectivity index (χ2v) is 7.02. The smallest absolute Gasteiger partial charge is 0.0287 e. The Labute approximate surface area is 102 Å². The Kier molecular flexibility index (Phi) is 3.66. The van der Waals surface area contributed by atoms with Crippen LogP contribution in [0, 0.1) is 29.1 Å². The lowest BCUT2D eigenvalue weighted by molar-refractivity contribution is -0.0632. The van der Waals surface area contributed by atoms with Crippen LogP contribution in [0.1, 0.15) is 72.6 Å². The molecule has 0 saturated heterocycles. The van der Waals surface area contributed by atoms with E-state index in [1.807, 2.05) is 13.8 Å². The molecule has 4 aliphatic rings. The molecule has 0 atom stereocenters. The Bertz CT molecular complexity index is 185. The van der Waals surface area contributed by atoms with Gasteiger partial charge in [0.2, 0.25) is 0 Å². The van der Waals surface area contributed by atoms with E-state index in [4.69, 9.17) is 0 Å². The van der Waals surface area contributed by atoms with Gasteiger partial charge < -0.3 is 0 Å². The molecule has 0 aromatic rings. The predicted molar refractivity (Wildman–Crippen MR) is 71.4 cm³/mol. The molecule has 4 bridgehead atoms. The van der Waals surface area contributed by atoms with Crippen molar-refractivity contribution in [3.63, 3.8) is 0 Å². The van der Waals surface area contributed by atoms with Crippen LogP contribution < -0.4 is 0 Å². The van der Waals surface area contributed by atoms with Crippen molar-refractivity contribution >= 4 is 0 Å². The fourth-order valence-electron chi connectivity index (χ4n) is 5.41. The summed E-state index contributed by atoms with van der Waals surface area (Å²) in [6.07, 6.45) is 11.1. The van der Waals surface area contributed by atoms with Crippen LogP contribution in [-0.4, -0.2) is 0 Å². The molecule has 0 aliphatic heterocycles. The van der Waals surface area contributed by atoms with Crippen LogP contribution in [0.25, 0.3) is 0 Å². The van der Waals surface area contributed by atoms with Crippen molar-refractivity contribution < 1.29 is 0 Å². The van der Waals surface area contributed by atoms with Gasteiger partial charge in [0.25, 0.3) is 0 Å². The van der Waals surface area contributed by atoms with Crippen LogP contribution >= 0.6 is 0 Å². The Hall–Kier alpha value is 0. The topological polar surface area (TPSA) is 0 Å². The highest BCUT2D eigenvalue weighted by Gasteiger charge is 2.50. The molecular formula is C16H30. The highest BCUT2D eigenvalue weighted by molar-refractivity contribution is 5.01. The number of hydrogen-bond acceptors (Lipinski definition) is 0. The van der Waals surface area contributed by atoms with Gasteiger partial charge in [-0.3, -0.25) is 0 Å². The second-order valence-electron chi connectivity index (χ2n) is 7.02. The third-order valence-corrected chi connectivity index (χ3v) is 5.01. The van der Waals surface area contributed by atoms with Crippen molar-refractivity contribution in [3.8, 4) is 0 Å². The minimum absolute atomic E-state index is 0.822. The van der Waals surface area contributed by atoms with Gasteiger partial charge in [-0.1, -0.05) is 27.7 Å².